The van der Waals surface area contributed by atoms with Crippen LogP contribution in [-0.4, -0.2) is 33.1 Å². The van der Waals surface area contributed by atoms with Crippen LogP contribution in [0.15, 0.2) is 90.2 Å². The fourth-order valence-electron chi connectivity index (χ4n) is 8.40. The van der Waals surface area contributed by atoms with E-state index in [9.17, 15) is 0 Å². The molecule has 0 unspecified atom stereocenters. The number of nitrogens with zero attached hydrogens (tertiary/aromatic N) is 4. The van der Waals surface area contributed by atoms with Gasteiger partial charge in [-0.1, -0.05) is 65.8 Å². The quantitative estimate of drug-likeness (QED) is 0.173. The summed E-state index contributed by atoms with van der Waals surface area (Å²) in [4.78, 5) is 14.8. The molecule has 6 heteroatoms. The van der Waals surface area contributed by atoms with E-state index < -0.39 is 0 Å². The maximum Gasteiger partial charge on any atom is 0.216 e. The second kappa shape index (κ2) is 11.6. The van der Waals surface area contributed by atoms with Crippen LogP contribution in [0.1, 0.15) is 69.4 Å². The number of aryl methyl sites for hydroxylation is 2. The van der Waals surface area contributed by atoms with E-state index in [2.05, 4.69) is 120 Å². The summed E-state index contributed by atoms with van der Waals surface area (Å²) < 4.78 is 15.5. The standard InChI is InChI=1S/C43H44N4O2/c1-24(2)39(25(3)4)36-23-48-42(46-36)29-18-28(35-14-9-10-15-44-35)19-30(20-29)49-38-21-37-34(17-27(38)6)43(7,8)33-13-11-12-31-32-16-26(5)22-45-41(32)47(37)40(31)33/h9-22,24-25,36,39H,23H2,1-8H3/t36-/m0/s1. The lowest BCUT2D eigenvalue weighted by Gasteiger charge is -2.35. The molecule has 0 radical (unpaired) electrons. The van der Waals surface area contributed by atoms with Crippen LogP contribution in [0.3, 0.4) is 0 Å². The number of fused-ring (bicyclic) bond motifs is 5. The number of aromatic nitrogens is 3. The van der Waals surface area contributed by atoms with Crippen molar-refractivity contribution in [2.24, 2.45) is 22.7 Å². The molecule has 3 aromatic carbocycles. The lowest BCUT2D eigenvalue weighted by atomic mass is 9.74. The SMILES string of the molecule is Cc1cnc2c(c1)c1cccc3c1n2-c1cc(Oc2cc(C4=N[C@H](C(C(C)C)C(C)C)CO4)cc(-c4ccccn4)c2)c(C)cc1C3(C)C. The lowest BCUT2D eigenvalue weighted by molar-refractivity contribution is 0.198. The van der Waals surface area contributed by atoms with Gasteiger partial charge in [0.2, 0.25) is 5.90 Å². The zero-order valence-electron chi connectivity index (χ0n) is 29.7. The van der Waals surface area contributed by atoms with Gasteiger partial charge in [0.25, 0.3) is 0 Å². The Morgan fingerprint density at radius 3 is 2.39 bits per heavy atom. The molecule has 0 bridgehead atoms. The summed E-state index contributed by atoms with van der Waals surface area (Å²) in [5, 5.41) is 2.40. The molecule has 0 aliphatic carbocycles. The van der Waals surface area contributed by atoms with E-state index in [1.54, 1.807) is 0 Å². The Kier molecular flexibility index (Phi) is 7.40. The summed E-state index contributed by atoms with van der Waals surface area (Å²) in [5.74, 6) is 3.64. The van der Waals surface area contributed by atoms with Crippen molar-refractivity contribution in [3.05, 3.63) is 113 Å². The fraction of sp³-hybridized carbons (Fsp3) is 0.326. The highest BCUT2D eigenvalue weighted by atomic mass is 16.5. The van der Waals surface area contributed by atoms with Gasteiger partial charge in [0, 0.05) is 45.8 Å². The van der Waals surface area contributed by atoms with Gasteiger partial charge < -0.3 is 9.47 Å². The number of hydrogen-bond acceptors (Lipinski definition) is 5. The first kappa shape index (κ1) is 31.3. The van der Waals surface area contributed by atoms with Crippen molar-refractivity contribution in [2.75, 3.05) is 6.61 Å². The van der Waals surface area contributed by atoms with E-state index >= 15 is 0 Å². The average Bonchev–Trinajstić information content (AvgIpc) is 3.68. The third-order valence-corrected chi connectivity index (χ3v) is 10.6. The van der Waals surface area contributed by atoms with Crippen molar-refractivity contribution < 1.29 is 9.47 Å². The van der Waals surface area contributed by atoms with Crippen molar-refractivity contribution >= 4 is 27.8 Å². The number of ether oxygens (including phenoxy) is 2. The van der Waals surface area contributed by atoms with Crippen LogP contribution in [0.5, 0.6) is 11.5 Å². The molecule has 3 aromatic heterocycles. The van der Waals surface area contributed by atoms with Gasteiger partial charge in [0.15, 0.2) is 0 Å². The number of aliphatic imine (C=N–C) groups is 1. The molecule has 49 heavy (non-hydrogen) atoms. The molecule has 6 aromatic rings. The second-order valence-corrected chi connectivity index (χ2v) is 15.1. The predicted molar refractivity (Wildman–Crippen MR) is 199 cm³/mol. The van der Waals surface area contributed by atoms with Gasteiger partial charge in [-0.15, -0.1) is 0 Å². The Bertz CT molecular complexity index is 2270. The van der Waals surface area contributed by atoms with Crippen LogP contribution in [0, 0.1) is 31.6 Å². The minimum atomic E-state index is -0.206. The Balaban J connectivity index is 1.26. The monoisotopic (exact) mass is 648 g/mol. The lowest BCUT2D eigenvalue weighted by Crippen LogP contribution is -2.29. The van der Waals surface area contributed by atoms with Crippen LogP contribution < -0.4 is 4.74 Å². The molecule has 0 spiro atoms. The summed E-state index contributed by atoms with van der Waals surface area (Å²) in [6, 6.07) is 25.7. The van der Waals surface area contributed by atoms with E-state index in [-0.39, 0.29) is 11.5 Å². The molecule has 5 heterocycles. The van der Waals surface area contributed by atoms with Crippen LogP contribution >= 0.6 is 0 Å². The summed E-state index contributed by atoms with van der Waals surface area (Å²) in [7, 11) is 0. The van der Waals surface area contributed by atoms with Crippen molar-refractivity contribution in [3.63, 3.8) is 0 Å². The minimum absolute atomic E-state index is 0.123. The molecule has 0 saturated carbocycles. The molecule has 6 nitrogen and oxygen atoms in total. The van der Waals surface area contributed by atoms with Crippen LogP contribution in [0.4, 0.5) is 0 Å². The molecule has 0 N–H and O–H groups in total. The summed E-state index contributed by atoms with van der Waals surface area (Å²) >= 11 is 0. The number of hydrogen-bond donors (Lipinski definition) is 0. The van der Waals surface area contributed by atoms with Gasteiger partial charge in [-0.2, -0.15) is 0 Å². The average molecular weight is 649 g/mol. The Hall–Kier alpha value is -4.97. The number of para-hydroxylation sites is 1. The van der Waals surface area contributed by atoms with E-state index in [1.807, 2.05) is 30.6 Å². The van der Waals surface area contributed by atoms with Crippen LogP contribution in [0.2, 0.25) is 0 Å². The Morgan fingerprint density at radius 2 is 1.63 bits per heavy atom. The first-order chi connectivity index (χ1) is 23.5. The van der Waals surface area contributed by atoms with Gasteiger partial charge in [-0.05, 0) is 96.3 Å². The highest BCUT2D eigenvalue weighted by molar-refractivity contribution is 6.10. The molecule has 0 saturated heterocycles. The van der Waals surface area contributed by atoms with Gasteiger partial charge in [-0.25, -0.2) is 9.98 Å². The number of rotatable bonds is 7. The topological polar surface area (TPSA) is 61.5 Å². The molecular weight excluding hydrogens is 604 g/mol. The normalized spacial score (nSPS) is 16.5. The summed E-state index contributed by atoms with van der Waals surface area (Å²) in [6.45, 7) is 18.6. The molecule has 248 valence electrons. The highest BCUT2D eigenvalue weighted by Crippen LogP contribution is 2.49. The molecule has 8 rings (SSSR count). The maximum atomic E-state index is 6.88. The van der Waals surface area contributed by atoms with Crippen molar-refractivity contribution in [1.82, 2.24) is 14.5 Å². The first-order valence-electron chi connectivity index (χ1n) is 17.5. The third-order valence-electron chi connectivity index (χ3n) is 10.6. The zero-order chi connectivity index (χ0) is 34.2. The first-order valence-corrected chi connectivity index (χ1v) is 17.5. The molecular formula is C43H44N4O2. The van der Waals surface area contributed by atoms with E-state index in [1.165, 1.54) is 27.4 Å². The van der Waals surface area contributed by atoms with Crippen LogP contribution in [-0.2, 0) is 10.2 Å². The van der Waals surface area contributed by atoms with Crippen LogP contribution in [0.25, 0.3) is 38.9 Å². The minimum Gasteiger partial charge on any atom is -0.475 e. The van der Waals surface area contributed by atoms with E-state index in [4.69, 9.17) is 19.5 Å². The van der Waals surface area contributed by atoms with E-state index in [0.717, 1.165) is 45.0 Å². The third kappa shape index (κ3) is 5.11. The van der Waals surface area contributed by atoms with Gasteiger partial charge in [0.1, 0.15) is 23.8 Å². The number of benzene rings is 3. The highest BCUT2D eigenvalue weighted by Gasteiger charge is 2.36. The fourth-order valence-corrected chi connectivity index (χ4v) is 8.40. The summed E-state index contributed by atoms with van der Waals surface area (Å²) in [6.07, 6.45) is 3.78. The molecule has 0 fully saturated rings. The zero-order valence-corrected chi connectivity index (χ0v) is 29.7. The van der Waals surface area contributed by atoms with Crippen molar-refractivity contribution in [1.29, 1.82) is 0 Å². The number of pyridine rings is 2. The van der Waals surface area contributed by atoms with Crippen molar-refractivity contribution in [3.8, 4) is 28.4 Å². The van der Waals surface area contributed by atoms with Gasteiger partial charge >= 0.3 is 0 Å². The Morgan fingerprint density at radius 1 is 0.837 bits per heavy atom. The van der Waals surface area contributed by atoms with Gasteiger partial charge in [-0.3, -0.25) is 9.55 Å². The predicted octanol–water partition coefficient (Wildman–Crippen LogP) is 10.4. The smallest absolute Gasteiger partial charge is 0.216 e. The molecule has 0 amide bonds. The Labute approximate surface area is 288 Å². The van der Waals surface area contributed by atoms with E-state index in [0.29, 0.717) is 36.0 Å². The largest absolute Gasteiger partial charge is 0.475 e. The molecule has 2 aliphatic rings. The summed E-state index contributed by atoms with van der Waals surface area (Å²) in [5.41, 5.74) is 10.6. The molecule has 2 aliphatic heterocycles. The van der Waals surface area contributed by atoms with Crippen molar-refractivity contribution in [2.45, 2.75) is 66.8 Å². The second-order valence-electron chi connectivity index (χ2n) is 15.1. The molecule has 1 atom stereocenters. The maximum absolute atomic E-state index is 6.88. The van der Waals surface area contributed by atoms with Gasteiger partial charge in [0.05, 0.1) is 22.9 Å².